The van der Waals surface area contributed by atoms with E-state index in [0.29, 0.717) is 11.0 Å². The van der Waals surface area contributed by atoms with Crippen LogP contribution < -0.4 is 4.74 Å². The fraction of sp³-hybridized carbons (Fsp3) is 0.474. The Morgan fingerprint density at radius 1 is 1.27 bits per heavy atom. The number of methoxy groups -OCH3 is 1. The van der Waals surface area contributed by atoms with Gasteiger partial charge < -0.3 is 14.1 Å². The highest BCUT2D eigenvalue weighted by molar-refractivity contribution is 7.99. The zero-order valence-electron chi connectivity index (χ0n) is 15.5. The molecule has 0 bridgehead atoms. The molecule has 0 spiro atoms. The highest BCUT2D eigenvalue weighted by atomic mass is 32.2. The van der Waals surface area contributed by atoms with Gasteiger partial charge in [-0.1, -0.05) is 23.9 Å². The molecular formula is C19H25N3O3S. The molecule has 1 saturated heterocycles. The smallest absolute Gasteiger partial charge is 0.256 e. The number of hydrogen-bond acceptors (Lipinski definition) is 6. The maximum absolute atomic E-state index is 12.4. The Morgan fingerprint density at radius 2 is 2.04 bits per heavy atom. The first-order valence-corrected chi connectivity index (χ1v) is 9.73. The molecule has 1 aromatic heterocycles. The lowest BCUT2D eigenvalue weighted by Crippen LogP contribution is -2.48. The normalized spacial score (nSPS) is 15.3. The Hall–Kier alpha value is -1.99. The van der Waals surface area contributed by atoms with Crippen LogP contribution in [0.5, 0.6) is 5.75 Å². The van der Waals surface area contributed by atoms with E-state index in [2.05, 4.69) is 22.0 Å². The molecular weight excluding hydrogens is 350 g/mol. The molecule has 1 fully saturated rings. The Balaban J connectivity index is 1.44. The first-order valence-electron chi connectivity index (χ1n) is 8.75. The second-order valence-electron chi connectivity index (χ2n) is 6.42. The summed E-state index contributed by atoms with van der Waals surface area (Å²) >= 11 is 1.37. The van der Waals surface area contributed by atoms with Crippen molar-refractivity contribution in [3.8, 4) is 5.75 Å². The third kappa shape index (κ3) is 4.80. The lowest BCUT2D eigenvalue weighted by Gasteiger charge is -2.34. The van der Waals surface area contributed by atoms with Crippen molar-refractivity contribution in [1.82, 2.24) is 14.8 Å². The topological polar surface area (TPSA) is 58.8 Å². The Labute approximate surface area is 158 Å². The summed E-state index contributed by atoms with van der Waals surface area (Å²) in [5, 5.41) is 0.574. The van der Waals surface area contributed by atoms with Crippen LogP contribution in [0.25, 0.3) is 0 Å². The number of ether oxygens (including phenoxy) is 1. The number of benzene rings is 1. The zero-order valence-corrected chi connectivity index (χ0v) is 16.3. The van der Waals surface area contributed by atoms with E-state index in [-0.39, 0.29) is 5.91 Å². The van der Waals surface area contributed by atoms with Crippen molar-refractivity contribution in [1.29, 1.82) is 0 Å². The molecule has 1 aliphatic heterocycles. The zero-order chi connectivity index (χ0) is 18.5. The van der Waals surface area contributed by atoms with Crippen LogP contribution in [0, 0.1) is 13.8 Å². The van der Waals surface area contributed by atoms with Crippen molar-refractivity contribution in [2.45, 2.75) is 25.6 Å². The molecule has 0 aliphatic carbocycles. The van der Waals surface area contributed by atoms with Gasteiger partial charge in [-0.15, -0.1) is 0 Å². The Kier molecular flexibility index (Phi) is 6.21. The standard InChI is InChI=1S/C19H25N3O3S/c1-14-15(2)25-19(20-14)26-13-18(23)22-9-7-21(8-10-22)12-16-5-4-6-17(11-16)24-3/h4-6,11H,7-10,12-13H2,1-3H3. The number of carbonyl (C=O) groups excluding carboxylic acids is 1. The lowest BCUT2D eigenvalue weighted by molar-refractivity contribution is -0.130. The van der Waals surface area contributed by atoms with Gasteiger partial charge in [0, 0.05) is 32.7 Å². The molecule has 1 aliphatic rings. The molecule has 1 aromatic carbocycles. The number of nitrogens with zero attached hydrogens (tertiary/aromatic N) is 3. The van der Waals surface area contributed by atoms with Crippen LogP contribution >= 0.6 is 11.8 Å². The fourth-order valence-corrected chi connectivity index (χ4v) is 3.72. The van der Waals surface area contributed by atoms with Crippen molar-refractivity contribution in [3.63, 3.8) is 0 Å². The molecule has 6 nitrogen and oxygen atoms in total. The molecule has 7 heteroatoms. The van der Waals surface area contributed by atoms with Crippen LogP contribution in [-0.4, -0.2) is 59.7 Å². The number of carbonyl (C=O) groups is 1. The summed E-state index contributed by atoms with van der Waals surface area (Å²) in [4.78, 5) is 21.0. The molecule has 0 radical (unpaired) electrons. The summed E-state index contributed by atoms with van der Waals surface area (Å²) in [6, 6.07) is 8.14. The van der Waals surface area contributed by atoms with E-state index < -0.39 is 0 Å². The highest BCUT2D eigenvalue weighted by Crippen LogP contribution is 2.21. The Morgan fingerprint density at radius 3 is 2.69 bits per heavy atom. The summed E-state index contributed by atoms with van der Waals surface area (Å²) in [6.45, 7) is 7.94. The van der Waals surface area contributed by atoms with Crippen LogP contribution in [0.15, 0.2) is 33.9 Å². The highest BCUT2D eigenvalue weighted by Gasteiger charge is 2.22. The number of oxazole rings is 1. The average Bonchev–Trinajstić information content (AvgIpc) is 2.98. The van der Waals surface area contributed by atoms with E-state index in [1.807, 2.05) is 30.9 Å². The molecule has 0 saturated carbocycles. The first-order chi connectivity index (χ1) is 12.5. The minimum absolute atomic E-state index is 0.143. The maximum Gasteiger partial charge on any atom is 0.256 e. The minimum Gasteiger partial charge on any atom is -0.497 e. The molecule has 26 heavy (non-hydrogen) atoms. The van der Waals surface area contributed by atoms with Crippen LogP contribution in [0.2, 0.25) is 0 Å². The second-order valence-corrected chi connectivity index (χ2v) is 7.35. The van der Waals surface area contributed by atoms with Crippen LogP contribution in [0.4, 0.5) is 0 Å². The fourth-order valence-electron chi connectivity index (χ4n) is 2.90. The molecule has 0 atom stereocenters. The Bertz CT molecular complexity index is 735. The monoisotopic (exact) mass is 375 g/mol. The summed E-state index contributed by atoms with van der Waals surface area (Å²) in [6.07, 6.45) is 0. The van der Waals surface area contributed by atoms with E-state index in [0.717, 1.165) is 49.9 Å². The number of thioether (sulfide) groups is 1. The summed E-state index contributed by atoms with van der Waals surface area (Å²) < 4.78 is 10.8. The summed E-state index contributed by atoms with van der Waals surface area (Å²) in [7, 11) is 1.68. The summed E-state index contributed by atoms with van der Waals surface area (Å²) in [5.41, 5.74) is 2.11. The van der Waals surface area contributed by atoms with Gasteiger partial charge in [-0.2, -0.15) is 0 Å². The van der Waals surface area contributed by atoms with Crippen molar-refractivity contribution in [2.24, 2.45) is 0 Å². The van der Waals surface area contributed by atoms with Gasteiger partial charge in [0.05, 0.1) is 18.6 Å². The molecule has 0 unspecified atom stereocenters. The van der Waals surface area contributed by atoms with Crippen LogP contribution in [0.1, 0.15) is 17.0 Å². The van der Waals surface area contributed by atoms with E-state index >= 15 is 0 Å². The predicted molar refractivity (Wildman–Crippen MR) is 102 cm³/mol. The molecule has 0 N–H and O–H groups in total. The van der Waals surface area contributed by atoms with Crippen LogP contribution in [0.3, 0.4) is 0 Å². The van der Waals surface area contributed by atoms with E-state index in [1.54, 1.807) is 7.11 Å². The van der Waals surface area contributed by atoms with Crippen molar-refractivity contribution in [2.75, 3.05) is 39.0 Å². The largest absolute Gasteiger partial charge is 0.497 e. The quantitative estimate of drug-likeness (QED) is 0.724. The van der Waals surface area contributed by atoms with E-state index in [9.17, 15) is 4.79 Å². The third-order valence-corrected chi connectivity index (χ3v) is 5.41. The molecule has 2 heterocycles. The van der Waals surface area contributed by atoms with E-state index in [1.165, 1.54) is 17.3 Å². The van der Waals surface area contributed by atoms with Gasteiger partial charge in [-0.05, 0) is 31.5 Å². The van der Waals surface area contributed by atoms with Crippen LogP contribution in [-0.2, 0) is 11.3 Å². The number of piperazine rings is 1. The number of aromatic nitrogens is 1. The molecule has 2 aromatic rings. The molecule has 1 amide bonds. The van der Waals surface area contributed by atoms with Gasteiger partial charge in [0.25, 0.3) is 5.22 Å². The van der Waals surface area contributed by atoms with E-state index in [4.69, 9.17) is 9.15 Å². The second kappa shape index (κ2) is 8.60. The van der Waals surface area contributed by atoms with Crippen molar-refractivity contribution in [3.05, 3.63) is 41.3 Å². The van der Waals surface area contributed by atoms with Gasteiger partial charge in [0.2, 0.25) is 5.91 Å². The van der Waals surface area contributed by atoms with Gasteiger partial charge in [-0.3, -0.25) is 9.69 Å². The first kappa shape index (κ1) is 18.8. The van der Waals surface area contributed by atoms with Gasteiger partial charge in [0.15, 0.2) is 0 Å². The van der Waals surface area contributed by atoms with Gasteiger partial charge in [0.1, 0.15) is 11.5 Å². The number of aryl methyl sites for hydroxylation is 2. The SMILES string of the molecule is COc1cccc(CN2CCN(C(=O)CSc3nc(C)c(C)o3)CC2)c1. The lowest BCUT2D eigenvalue weighted by atomic mass is 10.2. The average molecular weight is 375 g/mol. The maximum atomic E-state index is 12.4. The van der Waals surface area contributed by atoms with Crippen molar-refractivity contribution < 1.29 is 13.9 Å². The summed E-state index contributed by atoms with van der Waals surface area (Å²) in [5.74, 6) is 2.20. The van der Waals surface area contributed by atoms with Crippen molar-refractivity contribution >= 4 is 17.7 Å². The molecule has 3 rings (SSSR count). The molecule has 140 valence electrons. The number of rotatable bonds is 6. The van der Waals surface area contributed by atoms with Gasteiger partial charge >= 0.3 is 0 Å². The number of hydrogen-bond donors (Lipinski definition) is 0. The predicted octanol–water partition coefficient (Wildman–Crippen LogP) is 2.74. The van der Waals surface area contributed by atoms with Gasteiger partial charge in [-0.25, -0.2) is 4.98 Å². The third-order valence-electron chi connectivity index (χ3n) is 4.59. The minimum atomic E-state index is 0.143. The number of amides is 1.